The summed E-state index contributed by atoms with van der Waals surface area (Å²) in [6, 6.07) is 13.4. The number of rotatable bonds is 5. The van der Waals surface area contributed by atoms with Crippen molar-refractivity contribution >= 4 is 15.9 Å². The van der Waals surface area contributed by atoms with Crippen molar-refractivity contribution in [1.82, 2.24) is 10.3 Å². The second-order valence-corrected chi connectivity index (χ2v) is 6.31. The number of nitrogens with zero attached hydrogens (tertiary/aromatic N) is 1. The van der Waals surface area contributed by atoms with Crippen LogP contribution in [0.15, 0.2) is 53.3 Å². The number of hydrogen-bond acceptors (Lipinski definition) is 2. The van der Waals surface area contributed by atoms with Gasteiger partial charge in [-0.25, -0.2) is 0 Å². The van der Waals surface area contributed by atoms with Gasteiger partial charge in [-0.15, -0.1) is 0 Å². The monoisotopic (exact) mass is 330 g/mol. The van der Waals surface area contributed by atoms with E-state index in [0.717, 1.165) is 13.0 Å². The van der Waals surface area contributed by atoms with E-state index in [2.05, 4.69) is 56.6 Å². The highest BCUT2D eigenvalue weighted by Gasteiger charge is 2.30. The number of aromatic nitrogens is 1. The van der Waals surface area contributed by atoms with Crippen LogP contribution in [0.4, 0.5) is 0 Å². The second-order valence-electron chi connectivity index (χ2n) is 5.45. The molecule has 0 radical (unpaired) electrons. The van der Waals surface area contributed by atoms with Crippen molar-refractivity contribution in [2.75, 3.05) is 6.54 Å². The third-order valence-electron chi connectivity index (χ3n) is 4.05. The van der Waals surface area contributed by atoms with Gasteiger partial charge in [-0.1, -0.05) is 40.2 Å². The fourth-order valence-corrected chi connectivity index (χ4v) is 3.42. The molecule has 1 fully saturated rings. The van der Waals surface area contributed by atoms with E-state index in [9.17, 15) is 0 Å². The van der Waals surface area contributed by atoms with Gasteiger partial charge in [0.1, 0.15) is 0 Å². The third kappa shape index (κ3) is 3.28. The zero-order valence-corrected chi connectivity index (χ0v) is 13.0. The molecule has 1 aromatic heterocycles. The van der Waals surface area contributed by atoms with Crippen LogP contribution in [0, 0.1) is 0 Å². The van der Waals surface area contributed by atoms with Crippen molar-refractivity contribution in [1.29, 1.82) is 0 Å². The van der Waals surface area contributed by atoms with Crippen LogP contribution < -0.4 is 5.32 Å². The molecule has 0 saturated heterocycles. The molecular weight excluding hydrogens is 312 g/mol. The van der Waals surface area contributed by atoms with Crippen molar-refractivity contribution in [3.8, 4) is 0 Å². The fourth-order valence-electron chi connectivity index (χ4n) is 2.81. The molecule has 1 aliphatic rings. The van der Waals surface area contributed by atoms with Crippen LogP contribution in [0.2, 0.25) is 0 Å². The zero-order chi connectivity index (χ0) is 13.8. The van der Waals surface area contributed by atoms with Crippen molar-refractivity contribution in [2.45, 2.75) is 31.2 Å². The smallest absolute Gasteiger partial charge is 0.0300 e. The molecular formula is C17H19BrN2. The Morgan fingerprint density at radius 3 is 2.75 bits per heavy atom. The molecule has 2 aromatic rings. The van der Waals surface area contributed by atoms with Gasteiger partial charge in [0, 0.05) is 22.9 Å². The summed E-state index contributed by atoms with van der Waals surface area (Å²) >= 11 is 3.65. The highest BCUT2D eigenvalue weighted by Crippen LogP contribution is 2.39. The average molecular weight is 331 g/mol. The minimum atomic E-state index is 0.670. The summed E-state index contributed by atoms with van der Waals surface area (Å²) in [5.74, 6) is 0.710. The SMILES string of the molecule is Brc1ccccc1C1CC(NCCc2cccnc2)C1. The Kier molecular flexibility index (Phi) is 4.48. The first kappa shape index (κ1) is 13.8. The van der Waals surface area contributed by atoms with Crippen molar-refractivity contribution in [2.24, 2.45) is 0 Å². The van der Waals surface area contributed by atoms with Crippen LogP contribution >= 0.6 is 15.9 Å². The van der Waals surface area contributed by atoms with Crippen molar-refractivity contribution in [3.63, 3.8) is 0 Å². The van der Waals surface area contributed by atoms with Crippen molar-refractivity contribution < 1.29 is 0 Å². The maximum Gasteiger partial charge on any atom is 0.0300 e. The van der Waals surface area contributed by atoms with E-state index in [0.29, 0.717) is 12.0 Å². The molecule has 1 N–H and O–H groups in total. The molecule has 104 valence electrons. The minimum Gasteiger partial charge on any atom is -0.314 e. The van der Waals surface area contributed by atoms with Crippen LogP contribution in [0.3, 0.4) is 0 Å². The van der Waals surface area contributed by atoms with Gasteiger partial charge in [0.05, 0.1) is 0 Å². The van der Waals surface area contributed by atoms with Crippen LogP contribution in [0.25, 0.3) is 0 Å². The van der Waals surface area contributed by atoms with Gasteiger partial charge < -0.3 is 5.32 Å². The fraction of sp³-hybridized carbons (Fsp3) is 0.353. The van der Waals surface area contributed by atoms with Crippen LogP contribution in [0.1, 0.15) is 29.9 Å². The Balaban J connectivity index is 1.42. The van der Waals surface area contributed by atoms with Crippen LogP contribution in [-0.4, -0.2) is 17.6 Å². The highest BCUT2D eigenvalue weighted by molar-refractivity contribution is 9.10. The standard InChI is InChI=1S/C17H19BrN2/c18-17-6-2-1-5-16(17)14-10-15(11-14)20-9-7-13-4-3-8-19-12-13/h1-6,8,12,14-15,20H,7,9-11H2. The normalized spacial score (nSPS) is 21.4. The molecule has 1 saturated carbocycles. The predicted molar refractivity (Wildman–Crippen MR) is 85.8 cm³/mol. The molecule has 1 aromatic carbocycles. The van der Waals surface area contributed by atoms with Gasteiger partial charge in [0.15, 0.2) is 0 Å². The van der Waals surface area contributed by atoms with E-state index in [-0.39, 0.29) is 0 Å². The molecule has 2 nitrogen and oxygen atoms in total. The van der Waals surface area contributed by atoms with Gasteiger partial charge in [0.2, 0.25) is 0 Å². The second kappa shape index (κ2) is 6.51. The molecule has 0 bridgehead atoms. The first-order chi connectivity index (χ1) is 9.83. The van der Waals surface area contributed by atoms with Gasteiger partial charge >= 0.3 is 0 Å². The summed E-state index contributed by atoms with van der Waals surface area (Å²) < 4.78 is 1.25. The van der Waals surface area contributed by atoms with Gasteiger partial charge in [0.25, 0.3) is 0 Å². The molecule has 3 rings (SSSR count). The molecule has 0 aliphatic heterocycles. The lowest BCUT2D eigenvalue weighted by Crippen LogP contribution is -2.41. The average Bonchev–Trinajstić information content (AvgIpc) is 2.44. The zero-order valence-electron chi connectivity index (χ0n) is 11.4. The third-order valence-corrected chi connectivity index (χ3v) is 4.77. The van der Waals surface area contributed by atoms with E-state index in [1.807, 2.05) is 18.5 Å². The Hall–Kier alpha value is -1.19. The maximum atomic E-state index is 4.15. The quantitative estimate of drug-likeness (QED) is 0.898. The van der Waals surface area contributed by atoms with Gasteiger partial charge in [-0.05, 0) is 55.0 Å². The van der Waals surface area contributed by atoms with E-state index in [1.165, 1.54) is 28.4 Å². The molecule has 1 aliphatic carbocycles. The minimum absolute atomic E-state index is 0.670. The topological polar surface area (TPSA) is 24.9 Å². The molecule has 1 heterocycles. The Bertz CT molecular complexity index is 550. The van der Waals surface area contributed by atoms with Gasteiger partial charge in [-0.3, -0.25) is 4.98 Å². The summed E-state index contributed by atoms with van der Waals surface area (Å²) in [5.41, 5.74) is 2.76. The van der Waals surface area contributed by atoms with Gasteiger partial charge in [-0.2, -0.15) is 0 Å². The first-order valence-electron chi connectivity index (χ1n) is 7.19. The van der Waals surface area contributed by atoms with E-state index in [1.54, 1.807) is 0 Å². The number of nitrogens with one attached hydrogen (secondary N) is 1. The lowest BCUT2D eigenvalue weighted by atomic mass is 9.76. The molecule has 0 amide bonds. The lowest BCUT2D eigenvalue weighted by Gasteiger charge is -2.37. The Labute approximate surface area is 128 Å². The molecule has 0 unspecified atom stereocenters. The summed E-state index contributed by atoms with van der Waals surface area (Å²) in [5, 5.41) is 3.64. The number of hydrogen-bond donors (Lipinski definition) is 1. The van der Waals surface area contributed by atoms with Crippen LogP contribution in [0.5, 0.6) is 0 Å². The largest absolute Gasteiger partial charge is 0.314 e. The summed E-state index contributed by atoms with van der Waals surface area (Å²) in [6.45, 7) is 1.04. The maximum absolute atomic E-state index is 4.15. The van der Waals surface area contributed by atoms with Crippen LogP contribution in [-0.2, 0) is 6.42 Å². The molecule has 0 atom stereocenters. The van der Waals surface area contributed by atoms with E-state index in [4.69, 9.17) is 0 Å². The summed E-state index contributed by atoms with van der Waals surface area (Å²) in [7, 11) is 0. The Morgan fingerprint density at radius 2 is 2.00 bits per heavy atom. The summed E-state index contributed by atoms with van der Waals surface area (Å²) in [4.78, 5) is 4.15. The molecule has 20 heavy (non-hydrogen) atoms. The molecule has 3 heteroatoms. The van der Waals surface area contributed by atoms with Crippen molar-refractivity contribution in [3.05, 3.63) is 64.4 Å². The number of benzene rings is 1. The highest BCUT2D eigenvalue weighted by atomic mass is 79.9. The Morgan fingerprint density at radius 1 is 1.15 bits per heavy atom. The number of halogens is 1. The lowest BCUT2D eigenvalue weighted by molar-refractivity contribution is 0.292. The predicted octanol–water partition coefficient (Wildman–Crippen LogP) is 3.92. The molecule has 0 spiro atoms. The van der Waals surface area contributed by atoms with E-state index >= 15 is 0 Å². The summed E-state index contributed by atoms with van der Waals surface area (Å²) in [6.07, 6.45) is 7.33. The first-order valence-corrected chi connectivity index (χ1v) is 7.99. The van der Waals surface area contributed by atoms with E-state index < -0.39 is 0 Å². The number of pyridine rings is 1.